The Morgan fingerprint density at radius 3 is 2.55 bits per heavy atom. The lowest BCUT2D eigenvalue weighted by atomic mass is 9.93. The van der Waals surface area contributed by atoms with Crippen LogP contribution < -0.4 is 5.32 Å². The Morgan fingerprint density at radius 1 is 1.14 bits per heavy atom. The maximum absolute atomic E-state index is 13.1. The number of nitrogens with one attached hydrogen (secondary N) is 1. The second-order valence-electron chi connectivity index (χ2n) is 7.48. The third-order valence-electron chi connectivity index (χ3n) is 5.15. The van der Waals surface area contributed by atoms with Crippen molar-refractivity contribution in [3.63, 3.8) is 0 Å². The third-order valence-corrected chi connectivity index (χ3v) is 5.15. The number of hydrogen-bond donors (Lipinski definition) is 1. The largest absolute Gasteiger partial charge is 0.457 e. The number of aromatic nitrogens is 3. The zero-order valence-electron chi connectivity index (χ0n) is 16.8. The summed E-state index contributed by atoms with van der Waals surface area (Å²) in [6.45, 7) is 6.41. The van der Waals surface area contributed by atoms with Crippen LogP contribution in [0.4, 0.5) is 5.95 Å². The average molecular weight is 388 g/mol. The van der Waals surface area contributed by atoms with E-state index in [4.69, 9.17) is 4.74 Å². The van der Waals surface area contributed by atoms with Crippen molar-refractivity contribution < 1.29 is 9.53 Å². The second-order valence-corrected chi connectivity index (χ2v) is 7.48. The Hall–Kier alpha value is -3.41. The molecule has 1 aromatic heterocycles. The fourth-order valence-corrected chi connectivity index (χ4v) is 3.53. The molecular formula is C23H24N4O2. The van der Waals surface area contributed by atoms with Crippen LogP contribution >= 0.6 is 0 Å². The molecule has 148 valence electrons. The van der Waals surface area contributed by atoms with Gasteiger partial charge in [-0.3, -0.25) is 0 Å². The minimum absolute atomic E-state index is 0.222. The molecule has 29 heavy (non-hydrogen) atoms. The minimum atomic E-state index is -0.391. The Morgan fingerprint density at radius 2 is 1.86 bits per heavy atom. The van der Waals surface area contributed by atoms with Gasteiger partial charge in [0.05, 0.1) is 5.57 Å². The fourth-order valence-electron chi connectivity index (χ4n) is 3.53. The standard InChI is InChI=1S/C23H24N4O2/c1-15(2)18-9-11-19(12-10-18)21-20(16(3)26-23-24-14-25-27(21)23)22(28)29-13-17-7-5-4-6-8-17/h4-12,14-15,21H,13H2,1-3H3,(H,24,25,26)/t21-/m1/s1. The van der Waals surface area contributed by atoms with Gasteiger partial charge in [-0.1, -0.05) is 68.4 Å². The molecule has 1 aliphatic heterocycles. The first kappa shape index (κ1) is 18.9. The molecule has 6 nitrogen and oxygen atoms in total. The van der Waals surface area contributed by atoms with Gasteiger partial charge in [0, 0.05) is 5.70 Å². The lowest BCUT2D eigenvalue weighted by Crippen LogP contribution is -2.29. The highest BCUT2D eigenvalue weighted by Gasteiger charge is 2.34. The fraction of sp³-hybridized carbons (Fsp3) is 0.261. The molecule has 1 N–H and O–H groups in total. The van der Waals surface area contributed by atoms with Crippen molar-refractivity contribution in [3.8, 4) is 0 Å². The van der Waals surface area contributed by atoms with Gasteiger partial charge >= 0.3 is 5.97 Å². The Kier molecular flexibility index (Phi) is 5.16. The summed E-state index contributed by atoms with van der Waals surface area (Å²) >= 11 is 0. The Labute approximate surface area is 170 Å². The summed E-state index contributed by atoms with van der Waals surface area (Å²) in [5, 5.41) is 7.53. The van der Waals surface area contributed by atoms with Crippen molar-refractivity contribution in [1.82, 2.24) is 14.8 Å². The van der Waals surface area contributed by atoms with Crippen molar-refractivity contribution in [1.29, 1.82) is 0 Å². The molecule has 1 atom stereocenters. The third kappa shape index (κ3) is 3.78. The smallest absolute Gasteiger partial charge is 0.338 e. The minimum Gasteiger partial charge on any atom is -0.457 e. The molecule has 0 unspecified atom stereocenters. The van der Waals surface area contributed by atoms with Gasteiger partial charge in [0.1, 0.15) is 19.0 Å². The van der Waals surface area contributed by atoms with Gasteiger partial charge < -0.3 is 10.1 Å². The first-order valence-electron chi connectivity index (χ1n) is 9.73. The molecule has 4 rings (SSSR count). The number of rotatable bonds is 5. The van der Waals surface area contributed by atoms with Crippen LogP contribution in [0.3, 0.4) is 0 Å². The van der Waals surface area contributed by atoms with E-state index >= 15 is 0 Å². The van der Waals surface area contributed by atoms with E-state index in [0.717, 1.165) is 16.8 Å². The maximum atomic E-state index is 13.1. The number of fused-ring (bicyclic) bond motifs is 1. The number of allylic oxidation sites excluding steroid dienone is 1. The maximum Gasteiger partial charge on any atom is 0.338 e. The molecule has 0 saturated heterocycles. The summed E-state index contributed by atoms with van der Waals surface area (Å²) in [7, 11) is 0. The molecule has 0 fully saturated rings. The number of hydrogen-bond acceptors (Lipinski definition) is 5. The number of benzene rings is 2. The van der Waals surface area contributed by atoms with Crippen LogP contribution in [0.5, 0.6) is 0 Å². The van der Waals surface area contributed by atoms with Crippen molar-refractivity contribution >= 4 is 11.9 Å². The van der Waals surface area contributed by atoms with Gasteiger partial charge in [-0.05, 0) is 29.5 Å². The molecule has 0 aliphatic carbocycles. The molecule has 3 aromatic rings. The van der Waals surface area contributed by atoms with E-state index in [0.29, 0.717) is 17.4 Å². The zero-order chi connectivity index (χ0) is 20.4. The molecule has 0 amide bonds. The normalized spacial score (nSPS) is 15.8. The van der Waals surface area contributed by atoms with E-state index in [1.54, 1.807) is 4.68 Å². The monoisotopic (exact) mass is 388 g/mol. The number of carbonyl (C=O) groups is 1. The lowest BCUT2D eigenvalue weighted by molar-refractivity contribution is -0.140. The SMILES string of the molecule is CC1=C(C(=O)OCc2ccccc2)[C@@H](c2ccc(C(C)C)cc2)n2ncnc2N1. The Balaban J connectivity index is 1.67. The van der Waals surface area contributed by atoms with Gasteiger partial charge in [-0.15, -0.1) is 0 Å². The van der Waals surface area contributed by atoms with Gasteiger partial charge in [0.15, 0.2) is 0 Å². The summed E-state index contributed by atoms with van der Waals surface area (Å²) < 4.78 is 7.38. The molecule has 2 aromatic carbocycles. The van der Waals surface area contributed by atoms with Crippen molar-refractivity contribution in [2.45, 2.75) is 39.3 Å². The van der Waals surface area contributed by atoms with E-state index in [1.807, 2.05) is 37.3 Å². The number of carbonyl (C=O) groups excluding carboxylic acids is 1. The molecule has 0 bridgehead atoms. The van der Waals surface area contributed by atoms with Gasteiger partial charge in [-0.25, -0.2) is 9.48 Å². The summed E-state index contributed by atoms with van der Waals surface area (Å²) in [5.74, 6) is 0.685. The van der Waals surface area contributed by atoms with Crippen LogP contribution in [0.25, 0.3) is 0 Å². The van der Waals surface area contributed by atoms with Crippen LogP contribution in [0.2, 0.25) is 0 Å². The highest BCUT2D eigenvalue weighted by Crippen LogP contribution is 2.35. The Bertz CT molecular complexity index is 1040. The van der Waals surface area contributed by atoms with Crippen LogP contribution in [-0.2, 0) is 16.1 Å². The molecular weight excluding hydrogens is 364 g/mol. The molecule has 1 aliphatic rings. The van der Waals surface area contributed by atoms with E-state index in [2.05, 4.69) is 53.5 Å². The van der Waals surface area contributed by atoms with Crippen LogP contribution in [0.15, 0.2) is 72.2 Å². The van der Waals surface area contributed by atoms with Crippen LogP contribution in [0.1, 0.15) is 49.4 Å². The summed E-state index contributed by atoms with van der Waals surface area (Å²) in [6, 6.07) is 17.6. The second kappa shape index (κ2) is 7.91. The van der Waals surface area contributed by atoms with E-state index < -0.39 is 6.04 Å². The predicted octanol–water partition coefficient (Wildman–Crippen LogP) is 4.43. The van der Waals surface area contributed by atoms with Gasteiger partial charge in [0.25, 0.3) is 0 Å². The topological polar surface area (TPSA) is 69.0 Å². The molecule has 6 heteroatoms. The molecule has 2 heterocycles. The van der Waals surface area contributed by atoms with Crippen LogP contribution in [-0.4, -0.2) is 20.7 Å². The molecule has 0 saturated carbocycles. The van der Waals surface area contributed by atoms with E-state index in [1.165, 1.54) is 11.9 Å². The lowest BCUT2D eigenvalue weighted by Gasteiger charge is -2.28. The highest BCUT2D eigenvalue weighted by molar-refractivity contribution is 5.92. The number of ether oxygens (including phenoxy) is 1. The number of nitrogens with zero attached hydrogens (tertiary/aromatic N) is 3. The summed E-state index contributed by atoms with van der Waals surface area (Å²) in [5.41, 5.74) is 4.42. The zero-order valence-corrected chi connectivity index (χ0v) is 16.8. The molecule has 0 spiro atoms. The van der Waals surface area contributed by atoms with E-state index in [-0.39, 0.29) is 12.6 Å². The van der Waals surface area contributed by atoms with Crippen molar-refractivity contribution in [2.75, 3.05) is 5.32 Å². The number of anilines is 1. The van der Waals surface area contributed by atoms with Crippen molar-refractivity contribution in [3.05, 3.63) is 88.9 Å². The van der Waals surface area contributed by atoms with Crippen molar-refractivity contribution in [2.24, 2.45) is 0 Å². The number of esters is 1. The summed E-state index contributed by atoms with van der Waals surface area (Å²) in [6.07, 6.45) is 1.49. The first-order valence-corrected chi connectivity index (χ1v) is 9.73. The first-order chi connectivity index (χ1) is 14.0. The van der Waals surface area contributed by atoms with E-state index in [9.17, 15) is 4.79 Å². The quantitative estimate of drug-likeness (QED) is 0.655. The van der Waals surface area contributed by atoms with Crippen LogP contribution in [0, 0.1) is 0 Å². The van der Waals surface area contributed by atoms with Gasteiger partial charge in [0.2, 0.25) is 5.95 Å². The highest BCUT2D eigenvalue weighted by atomic mass is 16.5. The molecule has 0 radical (unpaired) electrons. The predicted molar refractivity (Wildman–Crippen MR) is 111 cm³/mol. The summed E-state index contributed by atoms with van der Waals surface area (Å²) in [4.78, 5) is 17.4. The van der Waals surface area contributed by atoms with Gasteiger partial charge in [-0.2, -0.15) is 10.1 Å². The average Bonchev–Trinajstić information content (AvgIpc) is 3.20.